The molecule has 24 heavy (non-hydrogen) atoms. The molecule has 2 bridgehead atoms. The molecule has 2 nitrogen and oxygen atoms in total. The molecule has 2 fully saturated rings. The molecule has 0 aromatic heterocycles. The molecule has 2 aliphatic rings. The summed E-state index contributed by atoms with van der Waals surface area (Å²) in [5, 5.41) is 0. The van der Waals surface area contributed by atoms with E-state index in [-0.39, 0.29) is 5.92 Å². The van der Waals surface area contributed by atoms with E-state index in [1.807, 2.05) is 36.4 Å². The molecule has 2 atom stereocenters. The Morgan fingerprint density at radius 2 is 1.54 bits per heavy atom. The molecule has 0 aliphatic carbocycles. The molecule has 0 amide bonds. The first kappa shape index (κ1) is 15.6. The molecule has 124 valence electrons. The predicted molar refractivity (Wildman–Crippen MR) is 98.1 cm³/mol. The van der Waals surface area contributed by atoms with Gasteiger partial charge in [-0.25, -0.2) is 0 Å². The lowest BCUT2D eigenvalue weighted by Crippen LogP contribution is -2.51. The van der Waals surface area contributed by atoms with Gasteiger partial charge in [0, 0.05) is 23.6 Å². The zero-order valence-electron chi connectivity index (χ0n) is 14.3. The predicted octanol–water partition coefficient (Wildman–Crippen LogP) is 4.80. The minimum atomic E-state index is 0.182. The Morgan fingerprint density at radius 1 is 0.917 bits per heavy atom. The van der Waals surface area contributed by atoms with E-state index in [1.54, 1.807) is 0 Å². The molecule has 4 rings (SSSR count). The van der Waals surface area contributed by atoms with E-state index in [9.17, 15) is 4.79 Å². The van der Waals surface area contributed by atoms with Gasteiger partial charge >= 0.3 is 0 Å². The van der Waals surface area contributed by atoms with Gasteiger partial charge in [-0.3, -0.25) is 4.79 Å². The molecule has 2 heteroatoms. The van der Waals surface area contributed by atoms with Crippen molar-refractivity contribution in [3.63, 3.8) is 0 Å². The number of rotatable bonds is 3. The molecule has 0 saturated carbocycles. The van der Waals surface area contributed by atoms with Gasteiger partial charge in [-0.05, 0) is 43.9 Å². The summed E-state index contributed by atoms with van der Waals surface area (Å²) >= 11 is 0. The number of ketones is 1. The molecule has 0 radical (unpaired) electrons. The number of carbonyl (C=O) groups is 1. The Kier molecular flexibility index (Phi) is 4.24. The first-order valence-electron chi connectivity index (χ1n) is 9.14. The molecular weight excluding hydrogens is 294 g/mol. The Morgan fingerprint density at radius 3 is 2.25 bits per heavy atom. The zero-order valence-corrected chi connectivity index (χ0v) is 14.3. The Bertz CT molecular complexity index is 710. The number of nitrogens with zero attached hydrogens (tertiary/aromatic N) is 1. The Balaban J connectivity index is 1.64. The van der Waals surface area contributed by atoms with E-state index in [0.29, 0.717) is 17.9 Å². The average Bonchev–Trinajstić information content (AvgIpc) is 2.62. The average molecular weight is 319 g/mol. The highest BCUT2D eigenvalue weighted by molar-refractivity contribution is 6.03. The summed E-state index contributed by atoms with van der Waals surface area (Å²) in [7, 11) is 2.24. The highest BCUT2D eigenvalue weighted by Crippen LogP contribution is 2.38. The first-order valence-corrected chi connectivity index (χ1v) is 9.14. The summed E-state index contributed by atoms with van der Waals surface area (Å²) < 4.78 is 0. The smallest absolute Gasteiger partial charge is 0.166 e. The van der Waals surface area contributed by atoms with Crippen LogP contribution in [0.4, 0.5) is 0 Å². The van der Waals surface area contributed by atoms with Gasteiger partial charge < -0.3 is 4.90 Å². The summed E-state index contributed by atoms with van der Waals surface area (Å²) in [6.07, 6.45) is 5.86. The second-order valence-corrected chi connectivity index (χ2v) is 7.35. The van der Waals surface area contributed by atoms with Crippen LogP contribution in [0.3, 0.4) is 0 Å². The maximum atomic E-state index is 13.3. The highest BCUT2D eigenvalue weighted by atomic mass is 16.1. The van der Waals surface area contributed by atoms with Crippen LogP contribution in [0.2, 0.25) is 0 Å². The van der Waals surface area contributed by atoms with Gasteiger partial charge in [0.1, 0.15) is 0 Å². The highest BCUT2D eigenvalue weighted by Gasteiger charge is 2.39. The van der Waals surface area contributed by atoms with Crippen LogP contribution in [-0.4, -0.2) is 29.8 Å². The number of hydrogen-bond acceptors (Lipinski definition) is 2. The van der Waals surface area contributed by atoms with Crippen molar-refractivity contribution in [2.75, 3.05) is 7.05 Å². The van der Waals surface area contributed by atoms with Crippen molar-refractivity contribution in [2.45, 2.75) is 44.2 Å². The maximum Gasteiger partial charge on any atom is 0.166 e. The van der Waals surface area contributed by atoms with Crippen molar-refractivity contribution >= 4 is 5.78 Å². The second kappa shape index (κ2) is 6.52. The zero-order chi connectivity index (χ0) is 16.5. The standard InChI is InChI=1S/C22H25NO/c1-23-18-10-7-11-19(23)15-17(14-18)22(24)21-13-6-5-12-20(21)16-8-3-2-4-9-16/h2-6,8-9,12-13,17-19H,7,10-11,14-15H2,1H3. The van der Waals surface area contributed by atoms with Gasteiger partial charge in [0.05, 0.1) is 0 Å². The summed E-state index contributed by atoms with van der Waals surface area (Å²) in [4.78, 5) is 15.8. The maximum absolute atomic E-state index is 13.3. The van der Waals surface area contributed by atoms with Gasteiger partial charge in [-0.15, -0.1) is 0 Å². The minimum Gasteiger partial charge on any atom is -0.300 e. The van der Waals surface area contributed by atoms with Crippen LogP contribution in [0.1, 0.15) is 42.5 Å². The molecule has 2 aromatic rings. The topological polar surface area (TPSA) is 20.3 Å². The lowest BCUT2D eigenvalue weighted by atomic mass is 9.75. The van der Waals surface area contributed by atoms with Crippen LogP contribution < -0.4 is 0 Å². The number of piperidine rings is 2. The fourth-order valence-electron chi connectivity index (χ4n) is 4.62. The van der Waals surface area contributed by atoms with Crippen LogP contribution in [0.25, 0.3) is 11.1 Å². The molecular formula is C22H25NO. The van der Waals surface area contributed by atoms with E-state index in [2.05, 4.69) is 30.1 Å². The first-order chi connectivity index (χ1) is 11.7. The lowest BCUT2D eigenvalue weighted by molar-refractivity contribution is 0.0339. The molecule has 2 unspecified atom stereocenters. The minimum absolute atomic E-state index is 0.182. The van der Waals surface area contributed by atoms with E-state index in [4.69, 9.17) is 0 Å². The monoisotopic (exact) mass is 319 g/mol. The van der Waals surface area contributed by atoms with Crippen molar-refractivity contribution in [2.24, 2.45) is 5.92 Å². The normalized spacial score (nSPS) is 27.0. The van der Waals surface area contributed by atoms with Crippen LogP contribution in [-0.2, 0) is 0 Å². The summed E-state index contributed by atoms with van der Waals surface area (Å²) in [6.45, 7) is 0. The number of fused-ring (bicyclic) bond motifs is 2. The Labute approximate surface area is 144 Å². The molecule has 2 aliphatic heterocycles. The molecule has 2 saturated heterocycles. The van der Waals surface area contributed by atoms with E-state index in [1.165, 1.54) is 19.3 Å². The van der Waals surface area contributed by atoms with E-state index < -0.39 is 0 Å². The van der Waals surface area contributed by atoms with Crippen LogP contribution in [0.15, 0.2) is 54.6 Å². The molecule has 2 aromatic carbocycles. The van der Waals surface area contributed by atoms with Gasteiger partial charge in [-0.2, -0.15) is 0 Å². The summed E-state index contributed by atoms with van der Waals surface area (Å²) in [6, 6.07) is 19.6. The number of benzene rings is 2. The molecule has 2 heterocycles. The van der Waals surface area contributed by atoms with Crippen molar-refractivity contribution < 1.29 is 4.79 Å². The SMILES string of the molecule is CN1C2CCCC1CC(C(=O)c1ccccc1-c1ccccc1)C2. The van der Waals surface area contributed by atoms with Crippen molar-refractivity contribution in [1.82, 2.24) is 4.90 Å². The van der Waals surface area contributed by atoms with E-state index >= 15 is 0 Å². The van der Waals surface area contributed by atoms with Crippen LogP contribution in [0, 0.1) is 5.92 Å². The van der Waals surface area contributed by atoms with Crippen LogP contribution >= 0.6 is 0 Å². The van der Waals surface area contributed by atoms with Gasteiger partial charge in [0.25, 0.3) is 0 Å². The van der Waals surface area contributed by atoms with Crippen molar-refractivity contribution in [3.05, 3.63) is 60.2 Å². The summed E-state index contributed by atoms with van der Waals surface area (Å²) in [5.41, 5.74) is 3.11. The fourth-order valence-corrected chi connectivity index (χ4v) is 4.62. The third-order valence-corrected chi connectivity index (χ3v) is 5.99. The number of carbonyl (C=O) groups excluding carboxylic acids is 1. The van der Waals surface area contributed by atoms with Crippen LogP contribution in [0.5, 0.6) is 0 Å². The lowest BCUT2D eigenvalue weighted by Gasteiger charge is -2.46. The third kappa shape index (κ3) is 2.80. The molecule has 0 spiro atoms. The number of hydrogen-bond donors (Lipinski definition) is 0. The quantitative estimate of drug-likeness (QED) is 0.757. The van der Waals surface area contributed by atoms with Gasteiger partial charge in [0.2, 0.25) is 0 Å². The number of Topliss-reactive ketones (excluding diaryl/α,β-unsaturated/α-hetero) is 1. The Hall–Kier alpha value is -1.93. The van der Waals surface area contributed by atoms with Crippen molar-refractivity contribution in [1.29, 1.82) is 0 Å². The summed E-state index contributed by atoms with van der Waals surface area (Å²) in [5.74, 6) is 0.529. The largest absolute Gasteiger partial charge is 0.300 e. The van der Waals surface area contributed by atoms with E-state index in [0.717, 1.165) is 29.5 Å². The van der Waals surface area contributed by atoms with Crippen molar-refractivity contribution in [3.8, 4) is 11.1 Å². The van der Waals surface area contributed by atoms with Gasteiger partial charge in [0.15, 0.2) is 5.78 Å². The van der Waals surface area contributed by atoms with Gasteiger partial charge in [-0.1, -0.05) is 61.0 Å². The fraction of sp³-hybridized carbons (Fsp3) is 0.409. The third-order valence-electron chi connectivity index (χ3n) is 5.99. The second-order valence-electron chi connectivity index (χ2n) is 7.35. The molecule has 0 N–H and O–H groups in total.